The second kappa shape index (κ2) is 6.61. The van der Waals surface area contributed by atoms with E-state index in [4.69, 9.17) is 21.4 Å². The van der Waals surface area contributed by atoms with E-state index in [1.807, 2.05) is 0 Å². The van der Waals surface area contributed by atoms with E-state index in [2.05, 4.69) is 5.32 Å². The van der Waals surface area contributed by atoms with E-state index in [9.17, 15) is 9.59 Å². The van der Waals surface area contributed by atoms with Crippen LogP contribution in [0, 0.1) is 5.41 Å². The number of methoxy groups -OCH3 is 1. The molecule has 0 saturated heterocycles. The van der Waals surface area contributed by atoms with E-state index < -0.39 is 11.4 Å². The summed E-state index contributed by atoms with van der Waals surface area (Å²) >= 11 is 5.89. The summed E-state index contributed by atoms with van der Waals surface area (Å²) in [6.07, 6.45) is -0.0920. The Hall–Kier alpha value is -1.75. The third-order valence-corrected chi connectivity index (χ3v) is 3.14. The quantitative estimate of drug-likeness (QED) is 0.846. The topological polar surface area (TPSA) is 75.6 Å². The van der Waals surface area contributed by atoms with Crippen LogP contribution in [0.5, 0.6) is 5.75 Å². The van der Waals surface area contributed by atoms with Crippen molar-refractivity contribution in [2.45, 2.75) is 26.8 Å². The molecule has 2 N–H and O–H groups in total. The number of hydrogen-bond acceptors (Lipinski definition) is 3. The maximum Gasteiger partial charge on any atom is 0.309 e. The average molecular weight is 300 g/mol. The highest BCUT2D eigenvalue weighted by molar-refractivity contribution is 6.30. The van der Waals surface area contributed by atoms with E-state index in [0.717, 1.165) is 5.56 Å². The van der Waals surface area contributed by atoms with Gasteiger partial charge in [-0.3, -0.25) is 9.59 Å². The minimum atomic E-state index is -1.09. The van der Waals surface area contributed by atoms with Crippen LogP contribution in [0.25, 0.3) is 0 Å². The molecule has 0 aromatic heterocycles. The van der Waals surface area contributed by atoms with Gasteiger partial charge >= 0.3 is 5.97 Å². The minimum absolute atomic E-state index is 0.0920. The van der Waals surface area contributed by atoms with Crippen LogP contribution in [-0.2, 0) is 16.1 Å². The summed E-state index contributed by atoms with van der Waals surface area (Å²) in [5.41, 5.74) is -0.357. The van der Waals surface area contributed by atoms with Gasteiger partial charge < -0.3 is 15.2 Å². The van der Waals surface area contributed by atoms with Gasteiger partial charge in [0.05, 0.1) is 12.5 Å². The third kappa shape index (κ3) is 4.42. The number of nitrogens with one attached hydrogen (secondary N) is 1. The SMILES string of the molecule is COc1ccc(Cl)cc1CNC(=O)CC(C)(C)C(=O)O. The zero-order valence-corrected chi connectivity index (χ0v) is 12.5. The molecular formula is C14H18ClNO4. The molecule has 1 aromatic carbocycles. The molecule has 0 fully saturated rings. The summed E-state index contributed by atoms with van der Waals surface area (Å²) < 4.78 is 5.17. The standard InChI is InChI=1S/C14H18ClNO4/c1-14(2,13(18)19)7-12(17)16-8-9-6-10(15)4-5-11(9)20-3/h4-6H,7-8H2,1-3H3,(H,16,17)(H,18,19). The predicted octanol–water partition coefficient (Wildman–Crippen LogP) is 2.47. The largest absolute Gasteiger partial charge is 0.496 e. The fourth-order valence-electron chi connectivity index (χ4n) is 1.62. The van der Waals surface area contributed by atoms with Crippen molar-refractivity contribution in [3.63, 3.8) is 0 Å². The molecule has 6 heteroatoms. The average Bonchev–Trinajstić information content (AvgIpc) is 2.35. The highest BCUT2D eigenvalue weighted by Gasteiger charge is 2.30. The van der Waals surface area contributed by atoms with E-state index in [0.29, 0.717) is 10.8 Å². The number of aliphatic carboxylic acids is 1. The first-order valence-electron chi connectivity index (χ1n) is 6.09. The number of rotatable bonds is 6. The van der Waals surface area contributed by atoms with Gasteiger partial charge in [0.25, 0.3) is 0 Å². The van der Waals surface area contributed by atoms with Crippen molar-refractivity contribution in [2.75, 3.05) is 7.11 Å². The maximum absolute atomic E-state index is 11.8. The first-order valence-corrected chi connectivity index (χ1v) is 6.46. The molecule has 0 atom stereocenters. The molecule has 1 amide bonds. The Morgan fingerprint density at radius 3 is 2.60 bits per heavy atom. The molecule has 20 heavy (non-hydrogen) atoms. The van der Waals surface area contributed by atoms with Gasteiger partial charge in [0, 0.05) is 23.6 Å². The van der Waals surface area contributed by atoms with Crippen LogP contribution in [-0.4, -0.2) is 24.1 Å². The lowest BCUT2D eigenvalue weighted by atomic mass is 9.89. The van der Waals surface area contributed by atoms with Crippen molar-refractivity contribution >= 4 is 23.5 Å². The molecule has 5 nitrogen and oxygen atoms in total. The molecule has 0 spiro atoms. The molecule has 0 bridgehead atoms. The van der Waals surface area contributed by atoms with Gasteiger partial charge in [0.1, 0.15) is 5.75 Å². The molecule has 0 unspecified atom stereocenters. The van der Waals surface area contributed by atoms with Crippen molar-refractivity contribution < 1.29 is 19.4 Å². The van der Waals surface area contributed by atoms with E-state index in [1.54, 1.807) is 18.2 Å². The lowest BCUT2D eigenvalue weighted by Gasteiger charge is -2.18. The molecule has 1 rings (SSSR count). The lowest BCUT2D eigenvalue weighted by molar-refractivity contribution is -0.149. The lowest BCUT2D eigenvalue weighted by Crippen LogP contribution is -2.33. The van der Waals surface area contributed by atoms with Gasteiger partial charge in [0.15, 0.2) is 0 Å². The zero-order valence-electron chi connectivity index (χ0n) is 11.7. The Bertz CT molecular complexity index is 514. The van der Waals surface area contributed by atoms with E-state index in [1.165, 1.54) is 21.0 Å². The normalized spacial score (nSPS) is 11.0. The fourth-order valence-corrected chi connectivity index (χ4v) is 1.81. The summed E-state index contributed by atoms with van der Waals surface area (Å²) in [7, 11) is 1.53. The second-order valence-electron chi connectivity index (χ2n) is 5.10. The molecule has 0 aliphatic heterocycles. The number of carbonyl (C=O) groups excluding carboxylic acids is 1. The van der Waals surface area contributed by atoms with Crippen molar-refractivity contribution in [3.05, 3.63) is 28.8 Å². The Morgan fingerprint density at radius 2 is 2.05 bits per heavy atom. The summed E-state index contributed by atoms with van der Waals surface area (Å²) in [5.74, 6) is -0.723. The first-order chi connectivity index (χ1) is 9.26. The Morgan fingerprint density at radius 1 is 1.40 bits per heavy atom. The van der Waals surface area contributed by atoms with Crippen LogP contribution in [0.1, 0.15) is 25.8 Å². The van der Waals surface area contributed by atoms with Crippen molar-refractivity contribution in [1.29, 1.82) is 0 Å². The number of carboxylic acid groups (broad SMARTS) is 1. The van der Waals surface area contributed by atoms with Gasteiger partial charge in [-0.05, 0) is 32.0 Å². The Labute approximate surface area is 122 Å². The molecule has 0 heterocycles. The second-order valence-corrected chi connectivity index (χ2v) is 5.54. The Kier molecular flexibility index (Phi) is 5.39. The van der Waals surface area contributed by atoms with Crippen LogP contribution in [0.2, 0.25) is 5.02 Å². The van der Waals surface area contributed by atoms with E-state index >= 15 is 0 Å². The summed E-state index contributed by atoms with van der Waals surface area (Å²) in [6.45, 7) is 3.25. The molecule has 0 radical (unpaired) electrons. The number of carbonyl (C=O) groups is 2. The minimum Gasteiger partial charge on any atom is -0.496 e. The molecule has 0 aliphatic rings. The fraction of sp³-hybridized carbons (Fsp3) is 0.429. The monoisotopic (exact) mass is 299 g/mol. The molecular weight excluding hydrogens is 282 g/mol. The van der Waals surface area contributed by atoms with Crippen LogP contribution in [0.15, 0.2) is 18.2 Å². The van der Waals surface area contributed by atoms with Gasteiger partial charge in [-0.1, -0.05) is 11.6 Å². The van der Waals surface area contributed by atoms with Gasteiger partial charge in [-0.2, -0.15) is 0 Å². The van der Waals surface area contributed by atoms with Crippen LogP contribution < -0.4 is 10.1 Å². The number of halogens is 1. The number of ether oxygens (including phenoxy) is 1. The molecule has 0 aliphatic carbocycles. The van der Waals surface area contributed by atoms with E-state index in [-0.39, 0.29) is 18.9 Å². The summed E-state index contributed by atoms with van der Waals surface area (Å²) in [5, 5.41) is 12.2. The number of hydrogen-bond donors (Lipinski definition) is 2. The van der Waals surface area contributed by atoms with Crippen molar-refractivity contribution in [1.82, 2.24) is 5.32 Å². The number of carboxylic acids is 1. The highest BCUT2D eigenvalue weighted by atomic mass is 35.5. The number of benzene rings is 1. The van der Waals surface area contributed by atoms with Gasteiger partial charge in [-0.15, -0.1) is 0 Å². The van der Waals surface area contributed by atoms with Crippen molar-refractivity contribution in [3.8, 4) is 5.75 Å². The highest BCUT2D eigenvalue weighted by Crippen LogP contribution is 2.23. The van der Waals surface area contributed by atoms with Crippen LogP contribution in [0.4, 0.5) is 0 Å². The summed E-state index contributed by atoms with van der Waals surface area (Å²) in [4.78, 5) is 22.7. The zero-order chi connectivity index (χ0) is 15.3. The first kappa shape index (κ1) is 16.3. The Balaban J connectivity index is 2.66. The summed E-state index contributed by atoms with van der Waals surface area (Å²) in [6, 6.07) is 5.10. The van der Waals surface area contributed by atoms with Gasteiger partial charge in [0.2, 0.25) is 5.91 Å². The van der Waals surface area contributed by atoms with Gasteiger partial charge in [-0.25, -0.2) is 0 Å². The van der Waals surface area contributed by atoms with Crippen LogP contribution in [0.3, 0.4) is 0 Å². The molecule has 0 saturated carbocycles. The van der Waals surface area contributed by atoms with Crippen molar-refractivity contribution in [2.24, 2.45) is 5.41 Å². The van der Waals surface area contributed by atoms with Crippen LogP contribution >= 0.6 is 11.6 Å². The smallest absolute Gasteiger partial charge is 0.309 e. The maximum atomic E-state index is 11.8. The third-order valence-electron chi connectivity index (χ3n) is 2.90. The molecule has 1 aromatic rings. The molecule has 110 valence electrons. The number of amides is 1. The predicted molar refractivity (Wildman–Crippen MR) is 75.9 cm³/mol.